The van der Waals surface area contributed by atoms with Gasteiger partial charge in [0.15, 0.2) is 0 Å². The lowest BCUT2D eigenvalue weighted by Gasteiger charge is -2.14. The second-order valence-corrected chi connectivity index (χ2v) is 4.64. The maximum absolute atomic E-state index is 8.89. The van der Waals surface area contributed by atoms with Crippen LogP contribution in [0.1, 0.15) is 30.4 Å². The minimum absolute atomic E-state index is 0.232. The molecular formula is C14H18N2O2. The Morgan fingerprint density at radius 1 is 1.44 bits per heavy atom. The average molecular weight is 246 g/mol. The Balaban J connectivity index is 2.01. The lowest BCUT2D eigenvalue weighted by atomic mass is 10.1. The molecule has 4 nitrogen and oxygen atoms in total. The third kappa shape index (κ3) is 3.00. The van der Waals surface area contributed by atoms with Crippen molar-refractivity contribution in [1.82, 2.24) is 0 Å². The number of nitrogens with zero attached hydrogens (tertiary/aromatic N) is 1. The van der Waals surface area contributed by atoms with E-state index in [1.165, 1.54) is 0 Å². The van der Waals surface area contributed by atoms with E-state index in [1.807, 2.05) is 6.07 Å². The van der Waals surface area contributed by atoms with Gasteiger partial charge in [0, 0.05) is 11.6 Å². The first-order valence-corrected chi connectivity index (χ1v) is 6.17. The molecule has 2 N–H and O–H groups in total. The first-order chi connectivity index (χ1) is 8.72. The summed E-state index contributed by atoms with van der Waals surface area (Å²) in [5, 5.41) is 8.89. The largest absolute Gasteiger partial charge is 0.496 e. The van der Waals surface area contributed by atoms with E-state index in [1.54, 1.807) is 19.2 Å². The van der Waals surface area contributed by atoms with Crippen LogP contribution in [0.15, 0.2) is 18.2 Å². The highest BCUT2D eigenvalue weighted by Crippen LogP contribution is 2.25. The lowest BCUT2D eigenvalue weighted by molar-refractivity contribution is 0.0438. The van der Waals surface area contributed by atoms with Crippen LogP contribution in [0.4, 0.5) is 0 Å². The summed E-state index contributed by atoms with van der Waals surface area (Å²) in [7, 11) is 1.62. The second-order valence-electron chi connectivity index (χ2n) is 4.64. The van der Waals surface area contributed by atoms with Gasteiger partial charge in [-0.25, -0.2) is 0 Å². The minimum atomic E-state index is 0.232. The molecule has 0 amide bonds. The molecule has 1 aromatic rings. The van der Waals surface area contributed by atoms with Gasteiger partial charge in [-0.05, 0) is 37.5 Å². The zero-order chi connectivity index (χ0) is 13.0. The smallest absolute Gasteiger partial charge is 0.124 e. The Bertz CT molecular complexity index is 454. The fourth-order valence-electron chi connectivity index (χ4n) is 2.29. The molecule has 1 saturated carbocycles. The Morgan fingerprint density at radius 2 is 2.28 bits per heavy atom. The number of hydrogen-bond acceptors (Lipinski definition) is 4. The van der Waals surface area contributed by atoms with Crippen molar-refractivity contribution in [2.45, 2.75) is 38.0 Å². The molecule has 1 aliphatic carbocycles. The predicted octanol–water partition coefficient (Wildman–Crippen LogP) is 1.96. The molecule has 2 unspecified atom stereocenters. The van der Waals surface area contributed by atoms with E-state index in [-0.39, 0.29) is 12.1 Å². The zero-order valence-corrected chi connectivity index (χ0v) is 10.6. The van der Waals surface area contributed by atoms with Crippen molar-refractivity contribution in [3.8, 4) is 11.8 Å². The van der Waals surface area contributed by atoms with Gasteiger partial charge in [0.1, 0.15) is 5.75 Å². The monoisotopic (exact) mass is 246 g/mol. The summed E-state index contributed by atoms with van der Waals surface area (Å²) in [5.74, 6) is 0.760. The van der Waals surface area contributed by atoms with Crippen molar-refractivity contribution in [3.05, 3.63) is 29.3 Å². The number of ether oxygens (including phenoxy) is 2. The SMILES string of the molecule is COc1ccc(C#N)cc1COC1CCC(N)C1. The first kappa shape index (κ1) is 12.9. The highest BCUT2D eigenvalue weighted by Gasteiger charge is 2.22. The Kier molecular flexibility index (Phi) is 4.19. The van der Waals surface area contributed by atoms with Crippen LogP contribution in [0.25, 0.3) is 0 Å². The standard InChI is InChI=1S/C14H18N2O2/c1-17-14-5-2-10(8-15)6-11(14)9-18-13-4-3-12(16)7-13/h2,5-6,12-13H,3-4,7,9,16H2,1H3. The molecule has 4 heteroatoms. The van der Waals surface area contributed by atoms with Crippen molar-refractivity contribution >= 4 is 0 Å². The van der Waals surface area contributed by atoms with Crippen molar-refractivity contribution in [1.29, 1.82) is 5.26 Å². The third-order valence-corrected chi connectivity index (χ3v) is 3.31. The van der Waals surface area contributed by atoms with E-state index in [0.29, 0.717) is 12.2 Å². The lowest BCUT2D eigenvalue weighted by Crippen LogP contribution is -2.17. The maximum atomic E-state index is 8.89. The molecule has 18 heavy (non-hydrogen) atoms. The fraction of sp³-hybridized carbons (Fsp3) is 0.500. The summed E-state index contributed by atoms with van der Waals surface area (Å²) in [4.78, 5) is 0. The molecule has 1 aliphatic rings. The van der Waals surface area contributed by atoms with Crippen LogP contribution < -0.4 is 10.5 Å². The van der Waals surface area contributed by atoms with E-state index in [9.17, 15) is 0 Å². The van der Waals surface area contributed by atoms with Crippen LogP contribution in [0.3, 0.4) is 0 Å². The van der Waals surface area contributed by atoms with E-state index >= 15 is 0 Å². The van der Waals surface area contributed by atoms with Crippen molar-refractivity contribution in [3.63, 3.8) is 0 Å². The van der Waals surface area contributed by atoms with Crippen LogP contribution in [0, 0.1) is 11.3 Å². The molecule has 0 saturated heterocycles. The van der Waals surface area contributed by atoms with Gasteiger partial charge >= 0.3 is 0 Å². The summed E-state index contributed by atoms with van der Waals surface area (Å²) in [5.41, 5.74) is 7.38. The second kappa shape index (κ2) is 5.85. The molecule has 1 fully saturated rings. The molecule has 2 atom stereocenters. The normalized spacial score (nSPS) is 22.7. The first-order valence-electron chi connectivity index (χ1n) is 6.17. The number of methoxy groups -OCH3 is 1. The van der Waals surface area contributed by atoms with Crippen molar-refractivity contribution in [2.24, 2.45) is 5.73 Å². The molecule has 0 aromatic heterocycles. The van der Waals surface area contributed by atoms with Crippen LogP contribution in [-0.4, -0.2) is 19.3 Å². The van der Waals surface area contributed by atoms with Gasteiger partial charge in [0.25, 0.3) is 0 Å². The van der Waals surface area contributed by atoms with Gasteiger partial charge in [-0.3, -0.25) is 0 Å². The molecule has 0 aliphatic heterocycles. The predicted molar refractivity (Wildman–Crippen MR) is 68.1 cm³/mol. The average Bonchev–Trinajstić information content (AvgIpc) is 2.81. The fourth-order valence-corrected chi connectivity index (χ4v) is 2.29. The minimum Gasteiger partial charge on any atom is -0.496 e. The summed E-state index contributed by atoms with van der Waals surface area (Å²) in [6.07, 6.45) is 3.19. The van der Waals surface area contributed by atoms with Crippen LogP contribution in [0.5, 0.6) is 5.75 Å². The summed E-state index contributed by atoms with van der Waals surface area (Å²) in [6.45, 7) is 0.468. The Labute approximate surface area is 107 Å². The maximum Gasteiger partial charge on any atom is 0.124 e. The van der Waals surface area contributed by atoms with Gasteiger partial charge < -0.3 is 15.2 Å². The van der Waals surface area contributed by atoms with E-state index in [4.69, 9.17) is 20.5 Å². The Morgan fingerprint density at radius 3 is 2.89 bits per heavy atom. The number of hydrogen-bond donors (Lipinski definition) is 1. The number of benzene rings is 1. The quantitative estimate of drug-likeness (QED) is 0.881. The molecule has 1 aromatic carbocycles. The summed E-state index contributed by atoms with van der Waals surface area (Å²) >= 11 is 0. The van der Waals surface area contributed by atoms with Crippen molar-refractivity contribution in [2.75, 3.05) is 7.11 Å². The zero-order valence-electron chi connectivity index (χ0n) is 10.6. The molecule has 0 spiro atoms. The van der Waals surface area contributed by atoms with Crippen molar-refractivity contribution < 1.29 is 9.47 Å². The van der Waals surface area contributed by atoms with E-state index in [0.717, 1.165) is 30.6 Å². The van der Waals surface area contributed by atoms with Gasteiger partial charge in [-0.15, -0.1) is 0 Å². The molecular weight excluding hydrogens is 228 g/mol. The molecule has 2 rings (SSSR count). The van der Waals surface area contributed by atoms with Gasteiger partial charge in [0.2, 0.25) is 0 Å². The Hall–Kier alpha value is -1.57. The highest BCUT2D eigenvalue weighted by atomic mass is 16.5. The molecule has 0 bridgehead atoms. The summed E-state index contributed by atoms with van der Waals surface area (Å²) in [6, 6.07) is 7.75. The van der Waals surface area contributed by atoms with E-state index < -0.39 is 0 Å². The molecule has 0 radical (unpaired) electrons. The van der Waals surface area contributed by atoms with E-state index in [2.05, 4.69) is 6.07 Å². The van der Waals surface area contributed by atoms with Crippen LogP contribution >= 0.6 is 0 Å². The van der Waals surface area contributed by atoms with Crippen LogP contribution in [-0.2, 0) is 11.3 Å². The topological polar surface area (TPSA) is 68.3 Å². The number of nitriles is 1. The number of nitrogens with two attached hydrogens (primary N) is 1. The number of rotatable bonds is 4. The third-order valence-electron chi connectivity index (χ3n) is 3.31. The molecule has 96 valence electrons. The summed E-state index contributed by atoms with van der Waals surface area (Å²) < 4.78 is 11.1. The van der Waals surface area contributed by atoms with Crippen LogP contribution in [0.2, 0.25) is 0 Å². The van der Waals surface area contributed by atoms with Gasteiger partial charge in [-0.2, -0.15) is 5.26 Å². The highest BCUT2D eigenvalue weighted by molar-refractivity contribution is 5.41. The molecule has 0 heterocycles. The van der Waals surface area contributed by atoms with Gasteiger partial charge in [0.05, 0.1) is 31.5 Å². The van der Waals surface area contributed by atoms with Gasteiger partial charge in [-0.1, -0.05) is 0 Å².